The van der Waals surface area contributed by atoms with Crippen LogP contribution in [-0.4, -0.2) is 23.9 Å². The summed E-state index contributed by atoms with van der Waals surface area (Å²) < 4.78 is 5.44. The molecule has 0 saturated carbocycles. The molecule has 6 heteroatoms. The quantitative estimate of drug-likeness (QED) is 0.268. The second-order valence-electron chi connectivity index (χ2n) is 7.55. The van der Waals surface area contributed by atoms with Gasteiger partial charge >= 0.3 is 0 Å². The van der Waals surface area contributed by atoms with Gasteiger partial charge in [-0.25, -0.2) is 9.97 Å². The first-order valence-corrected chi connectivity index (χ1v) is 10.8. The van der Waals surface area contributed by atoms with E-state index in [2.05, 4.69) is 84.5 Å². The Kier molecular flexibility index (Phi) is 3.35. The average Bonchev–Trinajstić information content (AvgIpc) is 3.35. The molecule has 7 rings (SSSR count). The van der Waals surface area contributed by atoms with Crippen molar-refractivity contribution in [1.29, 1.82) is 0 Å². The van der Waals surface area contributed by atoms with Gasteiger partial charge in [-0.05, 0) is 54.6 Å². The third-order valence-corrected chi connectivity index (χ3v) is 6.34. The molecule has 0 aliphatic carbocycles. The Labute approximate surface area is 184 Å². The first kappa shape index (κ1) is 17.0. The Bertz CT molecular complexity index is 1800. The molecule has 5 aromatic heterocycles. The Balaban J connectivity index is 1.83. The summed E-state index contributed by atoms with van der Waals surface area (Å²) in [4.78, 5) is 14.6. The monoisotopic (exact) mass is 463 g/mol. The number of fused-ring (bicyclic) bond motifs is 10. The average molecular weight is 464 g/mol. The first-order valence-electron chi connectivity index (χ1n) is 10.0. The Morgan fingerprint density at radius 1 is 0.677 bits per heavy atom. The molecule has 5 nitrogen and oxygen atoms in total. The number of imidazole rings is 1. The molecule has 0 aliphatic rings. The molecule has 146 valence electrons. The smallest absolute Gasteiger partial charge is 0.165 e. The van der Waals surface area contributed by atoms with Gasteiger partial charge in [0.1, 0.15) is 11.2 Å². The van der Waals surface area contributed by atoms with Gasteiger partial charge in [-0.15, -0.1) is 0 Å². The predicted molar refractivity (Wildman–Crippen MR) is 128 cm³/mol. The summed E-state index contributed by atoms with van der Waals surface area (Å²) in [5, 5.41) is 3.15. The summed E-state index contributed by atoms with van der Waals surface area (Å²) in [6, 6.07) is 24.8. The maximum Gasteiger partial charge on any atom is 0.165 e. The molecule has 0 unspecified atom stereocenters. The highest BCUT2D eigenvalue weighted by molar-refractivity contribution is 9.10. The standard InChI is InChI=1S/C25H14BrN5/c26-15-10-11-20-19(14-15)22-25(30(20)16-6-2-1-3-7-16)29-24-18-9-4-12-27-21(18)17-8-5-13-28-23(17)31(22)24/h1-14H. The normalized spacial score (nSPS) is 12.0. The van der Waals surface area contributed by atoms with Crippen molar-refractivity contribution in [2.24, 2.45) is 0 Å². The molecule has 5 heterocycles. The lowest BCUT2D eigenvalue weighted by molar-refractivity contribution is 1.15. The Morgan fingerprint density at radius 2 is 1.45 bits per heavy atom. The Morgan fingerprint density at radius 3 is 2.29 bits per heavy atom. The molecular formula is C25H14BrN5. The largest absolute Gasteiger partial charge is 0.293 e. The third-order valence-electron chi connectivity index (χ3n) is 5.84. The molecule has 0 N–H and O–H groups in total. The predicted octanol–water partition coefficient (Wildman–Crippen LogP) is 6.29. The minimum Gasteiger partial charge on any atom is -0.293 e. The van der Waals surface area contributed by atoms with Crippen molar-refractivity contribution in [2.75, 3.05) is 0 Å². The highest BCUT2D eigenvalue weighted by Crippen LogP contribution is 2.37. The van der Waals surface area contributed by atoms with E-state index in [-0.39, 0.29) is 0 Å². The van der Waals surface area contributed by atoms with E-state index >= 15 is 0 Å². The lowest BCUT2D eigenvalue weighted by atomic mass is 10.2. The number of rotatable bonds is 1. The van der Waals surface area contributed by atoms with Crippen LogP contribution in [-0.2, 0) is 0 Å². The second-order valence-corrected chi connectivity index (χ2v) is 8.47. The number of para-hydroxylation sites is 1. The maximum atomic E-state index is 5.17. The van der Waals surface area contributed by atoms with Crippen LogP contribution in [0.1, 0.15) is 0 Å². The SMILES string of the molecule is Brc1ccc2c(c1)c1c(nc3c4cccnc4c4cccnc4n31)n2-c1ccccc1. The topological polar surface area (TPSA) is 48.0 Å². The number of hydrogen-bond donors (Lipinski definition) is 0. The van der Waals surface area contributed by atoms with Gasteiger partial charge in [0.2, 0.25) is 0 Å². The molecule has 0 amide bonds. The van der Waals surface area contributed by atoms with Crippen LogP contribution in [0.5, 0.6) is 0 Å². The number of halogens is 1. The fourth-order valence-corrected chi connectivity index (χ4v) is 4.96. The number of benzene rings is 2. The second kappa shape index (κ2) is 6.12. The van der Waals surface area contributed by atoms with Crippen molar-refractivity contribution >= 4 is 65.6 Å². The van der Waals surface area contributed by atoms with Crippen molar-refractivity contribution in [3.8, 4) is 5.69 Å². The maximum absolute atomic E-state index is 5.17. The fourth-order valence-electron chi connectivity index (χ4n) is 4.60. The molecule has 0 atom stereocenters. The zero-order chi connectivity index (χ0) is 20.5. The van der Waals surface area contributed by atoms with E-state index < -0.39 is 0 Å². The molecule has 2 aromatic carbocycles. The van der Waals surface area contributed by atoms with Crippen molar-refractivity contribution < 1.29 is 0 Å². The van der Waals surface area contributed by atoms with Crippen LogP contribution in [0.3, 0.4) is 0 Å². The summed E-state index contributed by atoms with van der Waals surface area (Å²) >= 11 is 3.66. The molecular weight excluding hydrogens is 450 g/mol. The number of aromatic nitrogens is 5. The van der Waals surface area contributed by atoms with Crippen LogP contribution in [0.4, 0.5) is 0 Å². The Hall–Kier alpha value is -3.77. The molecule has 7 aromatic rings. The lowest BCUT2D eigenvalue weighted by Gasteiger charge is -2.07. The molecule has 31 heavy (non-hydrogen) atoms. The summed E-state index contributed by atoms with van der Waals surface area (Å²) in [6.45, 7) is 0. The van der Waals surface area contributed by atoms with E-state index in [1.165, 1.54) is 0 Å². The molecule has 0 aliphatic heterocycles. The third kappa shape index (κ3) is 2.22. The zero-order valence-electron chi connectivity index (χ0n) is 16.2. The number of nitrogens with zero attached hydrogens (tertiary/aromatic N) is 5. The van der Waals surface area contributed by atoms with Gasteiger partial charge in [0.05, 0.1) is 11.0 Å². The molecule has 0 fully saturated rings. The highest BCUT2D eigenvalue weighted by Gasteiger charge is 2.22. The summed E-state index contributed by atoms with van der Waals surface area (Å²) in [6.07, 6.45) is 3.65. The van der Waals surface area contributed by atoms with Crippen molar-refractivity contribution in [1.82, 2.24) is 23.9 Å². The first-order chi connectivity index (χ1) is 15.3. The molecule has 0 saturated heterocycles. The van der Waals surface area contributed by atoms with Crippen LogP contribution >= 0.6 is 15.9 Å². The van der Waals surface area contributed by atoms with Gasteiger partial charge in [-0.2, -0.15) is 0 Å². The van der Waals surface area contributed by atoms with E-state index in [1.54, 1.807) is 0 Å². The van der Waals surface area contributed by atoms with Crippen molar-refractivity contribution in [3.05, 3.63) is 89.7 Å². The van der Waals surface area contributed by atoms with Crippen molar-refractivity contribution in [2.45, 2.75) is 0 Å². The lowest BCUT2D eigenvalue weighted by Crippen LogP contribution is -1.95. The molecule has 0 radical (unpaired) electrons. The van der Waals surface area contributed by atoms with Gasteiger partial charge in [0, 0.05) is 38.7 Å². The van der Waals surface area contributed by atoms with E-state index in [0.717, 1.165) is 59.8 Å². The molecule has 0 bridgehead atoms. The van der Waals surface area contributed by atoms with Gasteiger partial charge in [-0.1, -0.05) is 34.1 Å². The van der Waals surface area contributed by atoms with Crippen LogP contribution in [0.25, 0.3) is 55.3 Å². The van der Waals surface area contributed by atoms with Crippen LogP contribution in [0.2, 0.25) is 0 Å². The van der Waals surface area contributed by atoms with Gasteiger partial charge < -0.3 is 0 Å². The summed E-state index contributed by atoms with van der Waals surface area (Å²) in [7, 11) is 0. The van der Waals surface area contributed by atoms with E-state index in [9.17, 15) is 0 Å². The van der Waals surface area contributed by atoms with Crippen LogP contribution < -0.4 is 0 Å². The van der Waals surface area contributed by atoms with E-state index in [0.29, 0.717) is 0 Å². The molecule has 0 spiro atoms. The minimum atomic E-state index is 0.860. The summed E-state index contributed by atoms with van der Waals surface area (Å²) in [5.41, 5.74) is 6.78. The van der Waals surface area contributed by atoms with Gasteiger partial charge in [-0.3, -0.25) is 14.0 Å². The van der Waals surface area contributed by atoms with E-state index in [4.69, 9.17) is 9.97 Å². The number of pyridine rings is 3. The van der Waals surface area contributed by atoms with Crippen LogP contribution in [0, 0.1) is 0 Å². The zero-order valence-corrected chi connectivity index (χ0v) is 17.8. The number of hydrogen-bond acceptors (Lipinski definition) is 3. The van der Waals surface area contributed by atoms with Crippen LogP contribution in [0.15, 0.2) is 89.7 Å². The van der Waals surface area contributed by atoms with Crippen molar-refractivity contribution in [3.63, 3.8) is 0 Å². The van der Waals surface area contributed by atoms with Gasteiger partial charge in [0.15, 0.2) is 11.3 Å². The van der Waals surface area contributed by atoms with E-state index in [1.807, 2.05) is 30.6 Å². The van der Waals surface area contributed by atoms with Gasteiger partial charge in [0.25, 0.3) is 0 Å². The minimum absolute atomic E-state index is 0.860. The fraction of sp³-hybridized carbons (Fsp3) is 0. The summed E-state index contributed by atoms with van der Waals surface area (Å²) in [5.74, 6) is 0. The highest BCUT2D eigenvalue weighted by atomic mass is 79.9.